The second-order valence-electron chi connectivity index (χ2n) is 5.88. The standard InChI is InChI=1S/C19H19BrN2O2/c1-12(2)24-14-10-8-13(9-11-14)21-19(23)18-17(20)15-6-4-5-7-16(15)22(18)3/h4-12H,1-3H3,(H,21,23). The molecule has 0 aliphatic rings. The highest BCUT2D eigenvalue weighted by Gasteiger charge is 2.19. The van der Waals surface area contributed by atoms with E-state index >= 15 is 0 Å². The Kier molecular flexibility index (Phi) is 4.62. The minimum absolute atomic E-state index is 0.122. The van der Waals surface area contributed by atoms with Gasteiger partial charge in [-0.1, -0.05) is 18.2 Å². The van der Waals surface area contributed by atoms with E-state index in [9.17, 15) is 4.79 Å². The number of aryl methyl sites for hydroxylation is 1. The molecule has 0 atom stereocenters. The molecule has 0 fully saturated rings. The van der Waals surface area contributed by atoms with Gasteiger partial charge in [0.2, 0.25) is 0 Å². The van der Waals surface area contributed by atoms with E-state index < -0.39 is 0 Å². The number of ether oxygens (including phenoxy) is 1. The third-order valence-corrected chi connectivity index (χ3v) is 4.55. The van der Waals surface area contributed by atoms with Gasteiger partial charge in [0.1, 0.15) is 11.4 Å². The van der Waals surface area contributed by atoms with Crippen molar-refractivity contribution in [1.82, 2.24) is 4.57 Å². The zero-order valence-corrected chi connectivity index (χ0v) is 15.4. The van der Waals surface area contributed by atoms with Crippen molar-refractivity contribution in [3.63, 3.8) is 0 Å². The maximum Gasteiger partial charge on any atom is 0.273 e. The Morgan fingerprint density at radius 2 is 1.79 bits per heavy atom. The molecule has 1 aromatic heterocycles. The molecular formula is C19H19BrN2O2. The molecule has 2 aromatic carbocycles. The van der Waals surface area contributed by atoms with E-state index in [4.69, 9.17) is 4.74 Å². The van der Waals surface area contributed by atoms with Gasteiger partial charge < -0.3 is 14.6 Å². The summed E-state index contributed by atoms with van der Waals surface area (Å²) in [5, 5.41) is 3.96. The molecular weight excluding hydrogens is 368 g/mol. The van der Waals surface area contributed by atoms with E-state index in [1.165, 1.54) is 0 Å². The number of hydrogen-bond donors (Lipinski definition) is 1. The van der Waals surface area contributed by atoms with E-state index in [1.54, 1.807) is 0 Å². The summed E-state index contributed by atoms with van der Waals surface area (Å²) < 4.78 is 8.31. The Morgan fingerprint density at radius 1 is 1.12 bits per heavy atom. The minimum Gasteiger partial charge on any atom is -0.491 e. The van der Waals surface area contributed by atoms with E-state index in [1.807, 2.05) is 74.0 Å². The fraction of sp³-hybridized carbons (Fsp3) is 0.211. The van der Waals surface area contributed by atoms with Crippen molar-refractivity contribution in [2.45, 2.75) is 20.0 Å². The highest BCUT2D eigenvalue weighted by molar-refractivity contribution is 9.10. The maximum atomic E-state index is 12.7. The zero-order chi connectivity index (χ0) is 17.3. The fourth-order valence-electron chi connectivity index (χ4n) is 2.68. The molecule has 124 valence electrons. The first-order chi connectivity index (χ1) is 11.5. The lowest BCUT2D eigenvalue weighted by Gasteiger charge is -2.11. The number of aromatic nitrogens is 1. The van der Waals surface area contributed by atoms with Crippen LogP contribution in [0.2, 0.25) is 0 Å². The van der Waals surface area contributed by atoms with Gasteiger partial charge in [0.25, 0.3) is 5.91 Å². The molecule has 3 aromatic rings. The summed E-state index contributed by atoms with van der Waals surface area (Å²) in [6.45, 7) is 3.96. The number of nitrogens with one attached hydrogen (secondary N) is 1. The van der Waals surface area contributed by atoms with E-state index in [0.29, 0.717) is 5.69 Å². The van der Waals surface area contributed by atoms with E-state index in [2.05, 4.69) is 21.2 Å². The van der Waals surface area contributed by atoms with Crippen LogP contribution in [0.4, 0.5) is 5.69 Å². The molecule has 0 aliphatic carbocycles. The normalized spacial score (nSPS) is 11.0. The van der Waals surface area contributed by atoms with Crippen molar-refractivity contribution in [3.05, 3.63) is 58.7 Å². The molecule has 0 spiro atoms. The van der Waals surface area contributed by atoms with Gasteiger partial charge in [-0.2, -0.15) is 0 Å². The number of para-hydroxylation sites is 1. The molecule has 0 saturated heterocycles. The zero-order valence-electron chi connectivity index (χ0n) is 13.8. The van der Waals surface area contributed by atoms with Crippen LogP contribution in [0.25, 0.3) is 10.9 Å². The summed E-state index contributed by atoms with van der Waals surface area (Å²) in [5.74, 6) is 0.631. The van der Waals surface area contributed by atoms with Crippen molar-refractivity contribution in [3.8, 4) is 5.75 Å². The highest BCUT2D eigenvalue weighted by atomic mass is 79.9. The number of halogens is 1. The molecule has 1 amide bonds. The quantitative estimate of drug-likeness (QED) is 0.686. The lowest BCUT2D eigenvalue weighted by molar-refractivity contribution is 0.101. The van der Waals surface area contributed by atoms with Crippen LogP contribution in [0.3, 0.4) is 0 Å². The number of anilines is 1. The van der Waals surface area contributed by atoms with Crippen LogP contribution in [0.5, 0.6) is 5.75 Å². The third kappa shape index (κ3) is 3.17. The summed E-state index contributed by atoms with van der Waals surface area (Å²) in [4.78, 5) is 12.7. The average Bonchev–Trinajstić information content (AvgIpc) is 2.81. The summed E-state index contributed by atoms with van der Waals surface area (Å²) in [6, 6.07) is 15.3. The Labute approximate surface area is 149 Å². The first-order valence-corrected chi connectivity index (χ1v) is 8.57. The lowest BCUT2D eigenvalue weighted by Crippen LogP contribution is -2.16. The summed E-state index contributed by atoms with van der Waals surface area (Å²) >= 11 is 3.55. The number of benzene rings is 2. The number of fused-ring (bicyclic) bond motifs is 1. The molecule has 4 nitrogen and oxygen atoms in total. The fourth-order valence-corrected chi connectivity index (χ4v) is 3.46. The molecule has 5 heteroatoms. The van der Waals surface area contributed by atoms with Crippen molar-refractivity contribution in [2.75, 3.05) is 5.32 Å². The predicted molar refractivity (Wildman–Crippen MR) is 101 cm³/mol. The minimum atomic E-state index is -0.155. The van der Waals surface area contributed by atoms with Crippen LogP contribution in [-0.2, 0) is 7.05 Å². The van der Waals surface area contributed by atoms with Gasteiger partial charge in [0.05, 0.1) is 10.6 Å². The average molecular weight is 387 g/mol. The first kappa shape index (κ1) is 16.6. The number of hydrogen-bond acceptors (Lipinski definition) is 2. The number of nitrogens with zero attached hydrogens (tertiary/aromatic N) is 1. The van der Waals surface area contributed by atoms with Gasteiger partial charge in [-0.3, -0.25) is 4.79 Å². The monoisotopic (exact) mass is 386 g/mol. The van der Waals surface area contributed by atoms with E-state index in [-0.39, 0.29) is 12.0 Å². The maximum absolute atomic E-state index is 12.7. The topological polar surface area (TPSA) is 43.3 Å². The number of carbonyl (C=O) groups is 1. The third-order valence-electron chi connectivity index (χ3n) is 3.74. The first-order valence-electron chi connectivity index (χ1n) is 7.78. The predicted octanol–water partition coefficient (Wildman–Crippen LogP) is 4.98. The molecule has 0 bridgehead atoms. The second-order valence-corrected chi connectivity index (χ2v) is 6.68. The largest absolute Gasteiger partial charge is 0.491 e. The molecule has 0 radical (unpaired) electrons. The van der Waals surface area contributed by atoms with Crippen molar-refractivity contribution < 1.29 is 9.53 Å². The van der Waals surface area contributed by atoms with Crippen LogP contribution in [-0.4, -0.2) is 16.6 Å². The Balaban J connectivity index is 1.85. The summed E-state index contributed by atoms with van der Waals surface area (Å²) in [6.07, 6.45) is 0.122. The number of rotatable bonds is 4. The molecule has 3 rings (SSSR count). The van der Waals surface area contributed by atoms with Gasteiger partial charge in [-0.05, 0) is 60.1 Å². The Hall–Kier alpha value is -2.27. The van der Waals surface area contributed by atoms with Crippen molar-refractivity contribution >= 4 is 38.4 Å². The number of carbonyl (C=O) groups excluding carboxylic acids is 1. The van der Waals surface area contributed by atoms with Crippen LogP contribution < -0.4 is 10.1 Å². The van der Waals surface area contributed by atoms with Crippen LogP contribution in [0.15, 0.2) is 53.0 Å². The summed E-state index contributed by atoms with van der Waals surface area (Å²) in [5.41, 5.74) is 2.34. The molecule has 0 unspecified atom stereocenters. The van der Waals surface area contributed by atoms with Crippen molar-refractivity contribution in [2.24, 2.45) is 7.05 Å². The van der Waals surface area contributed by atoms with Gasteiger partial charge in [0, 0.05) is 23.6 Å². The van der Waals surface area contributed by atoms with Gasteiger partial charge >= 0.3 is 0 Å². The summed E-state index contributed by atoms with van der Waals surface area (Å²) in [7, 11) is 1.89. The Morgan fingerprint density at radius 3 is 2.42 bits per heavy atom. The molecule has 1 N–H and O–H groups in total. The van der Waals surface area contributed by atoms with E-state index in [0.717, 1.165) is 26.8 Å². The van der Waals surface area contributed by atoms with Crippen molar-refractivity contribution in [1.29, 1.82) is 0 Å². The highest BCUT2D eigenvalue weighted by Crippen LogP contribution is 2.30. The number of amides is 1. The van der Waals surface area contributed by atoms with Gasteiger partial charge in [-0.25, -0.2) is 0 Å². The van der Waals surface area contributed by atoms with Crippen LogP contribution in [0, 0.1) is 0 Å². The Bertz CT molecular complexity index is 843. The smallest absolute Gasteiger partial charge is 0.273 e. The molecule has 0 aliphatic heterocycles. The SMILES string of the molecule is CC(C)Oc1ccc(NC(=O)c2c(Br)c3ccccc3n2C)cc1. The lowest BCUT2D eigenvalue weighted by atomic mass is 10.2. The van der Waals surface area contributed by atoms with Crippen LogP contribution >= 0.6 is 15.9 Å². The van der Waals surface area contributed by atoms with Gasteiger partial charge in [-0.15, -0.1) is 0 Å². The molecule has 0 saturated carbocycles. The van der Waals surface area contributed by atoms with Gasteiger partial charge in [0.15, 0.2) is 0 Å². The molecule has 24 heavy (non-hydrogen) atoms. The molecule has 1 heterocycles. The second kappa shape index (κ2) is 6.69. The van der Waals surface area contributed by atoms with Crippen LogP contribution in [0.1, 0.15) is 24.3 Å².